The third-order valence-electron chi connectivity index (χ3n) is 6.04. The van der Waals surface area contributed by atoms with Crippen LogP contribution in [-0.4, -0.2) is 12.2 Å². The summed E-state index contributed by atoms with van der Waals surface area (Å²) in [5.41, 5.74) is 8.88. The molecule has 0 unspecified atom stereocenters. The Bertz CT molecular complexity index is 1520. The van der Waals surface area contributed by atoms with Gasteiger partial charge in [-0.2, -0.15) is 5.26 Å². The van der Waals surface area contributed by atoms with E-state index in [1.54, 1.807) is 19.2 Å². The van der Waals surface area contributed by atoms with Crippen LogP contribution in [0.3, 0.4) is 0 Å². The topological polar surface area (TPSA) is 97.7 Å². The molecule has 0 saturated heterocycles. The number of rotatable bonds is 5. The molecule has 0 bridgehead atoms. The summed E-state index contributed by atoms with van der Waals surface area (Å²) in [6.07, 6.45) is 0. The Labute approximate surface area is 210 Å². The minimum Gasteiger partial charge on any atom is -0.508 e. The van der Waals surface area contributed by atoms with E-state index in [9.17, 15) is 10.4 Å². The van der Waals surface area contributed by atoms with Gasteiger partial charge < -0.3 is 25.1 Å². The molecule has 35 heavy (non-hydrogen) atoms. The number of nitriles is 1. The van der Waals surface area contributed by atoms with Crippen LogP contribution in [0.1, 0.15) is 22.6 Å². The van der Waals surface area contributed by atoms with E-state index in [4.69, 9.17) is 19.9 Å². The number of hydrogen-bond donors (Lipinski definition) is 2. The molecule has 4 aromatic carbocycles. The van der Waals surface area contributed by atoms with Crippen LogP contribution in [-0.2, 0) is 6.61 Å². The van der Waals surface area contributed by atoms with Crippen LogP contribution in [0.5, 0.6) is 23.0 Å². The molecular weight excluding hydrogens is 508 g/mol. The number of hydrogen-bond acceptors (Lipinski definition) is 6. The van der Waals surface area contributed by atoms with Crippen LogP contribution in [0, 0.1) is 11.3 Å². The van der Waals surface area contributed by atoms with E-state index >= 15 is 0 Å². The summed E-state index contributed by atoms with van der Waals surface area (Å²) in [7, 11) is 1.57. The summed E-state index contributed by atoms with van der Waals surface area (Å²) >= 11 is 3.63. The average molecular weight is 529 g/mol. The summed E-state index contributed by atoms with van der Waals surface area (Å²) in [5.74, 6) is 1.02. The third kappa shape index (κ3) is 4.13. The predicted octanol–water partition coefficient (Wildman–Crippen LogP) is 6.11. The monoisotopic (exact) mass is 528 g/mol. The van der Waals surface area contributed by atoms with Gasteiger partial charge in [-0.3, -0.25) is 0 Å². The van der Waals surface area contributed by atoms with Gasteiger partial charge in [0.2, 0.25) is 5.88 Å². The van der Waals surface area contributed by atoms with Crippen molar-refractivity contribution in [3.8, 4) is 29.1 Å². The second kappa shape index (κ2) is 9.24. The summed E-state index contributed by atoms with van der Waals surface area (Å²) in [4.78, 5) is 0. The molecule has 174 valence electrons. The number of halogens is 1. The molecule has 0 saturated carbocycles. The maximum absolute atomic E-state index is 9.89. The molecule has 1 atom stereocenters. The zero-order valence-corrected chi connectivity index (χ0v) is 20.4. The van der Waals surface area contributed by atoms with E-state index in [2.05, 4.69) is 40.2 Å². The molecule has 6 nitrogen and oxygen atoms in total. The summed E-state index contributed by atoms with van der Waals surface area (Å²) in [6.45, 7) is 0.353. The standard InChI is InChI=1S/C28H21BrN2O4/c1-33-25-12-18(26-21-10-9-19(32)13-24(21)35-28(31)22(26)14-30)11-23(29)27(25)34-15-17-7-4-6-16-5-2-3-8-20(16)17/h2-13,26,32H,15,31H2,1H3/t26-/m1/s1. The van der Waals surface area contributed by atoms with E-state index in [0.29, 0.717) is 33.9 Å². The molecule has 5 rings (SSSR count). The first-order valence-electron chi connectivity index (χ1n) is 10.9. The Balaban J connectivity index is 1.54. The van der Waals surface area contributed by atoms with Crippen molar-refractivity contribution >= 4 is 26.7 Å². The number of allylic oxidation sites excluding steroid dienone is 1. The number of ether oxygens (including phenoxy) is 3. The van der Waals surface area contributed by atoms with Gasteiger partial charge in [-0.15, -0.1) is 0 Å². The first-order valence-corrected chi connectivity index (χ1v) is 11.7. The lowest BCUT2D eigenvalue weighted by Gasteiger charge is -2.27. The van der Waals surface area contributed by atoms with Crippen molar-refractivity contribution in [1.82, 2.24) is 0 Å². The molecule has 0 spiro atoms. The lowest BCUT2D eigenvalue weighted by molar-refractivity contribution is 0.283. The molecule has 0 aromatic heterocycles. The Hall–Kier alpha value is -4.15. The number of benzene rings is 4. The van der Waals surface area contributed by atoms with Crippen LogP contribution >= 0.6 is 15.9 Å². The molecule has 0 fully saturated rings. The van der Waals surface area contributed by atoms with E-state index in [-0.39, 0.29) is 17.2 Å². The smallest absolute Gasteiger partial charge is 0.205 e. The van der Waals surface area contributed by atoms with Crippen molar-refractivity contribution in [1.29, 1.82) is 5.26 Å². The Morgan fingerprint density at radius 1 is 1.09 bits per heavy atom. The maximum atomic E-state index is 9.89. The number of phenols is 1. The van der Waals surface area contributed by atoms with Crippen LogP contribution in [0.4, 0.5) is 0 Å². The fourth-order valence-corrected chi connectivity index (χ4v) is 4.98. The number of fused-ring (bicyclic) bond motifs is 2. The number of phenolic OH excluding ortho intramolecular Hbond substituents is 1. The summed E-state index contributed by atoms with van der Waals surface area (Å²) in [5, 5.41) is 22.0. The van der Waals surface area contributed by atoms with Crippen molar-refractivity contribution in [3.63, 3.8) is 0 Å². The van der Waals surface area contributed by atoms with Gasteiger partial charge in [-0.05, 0) is 56.0 Å². The number of methoxy groups -OCH3 is 1. The molecule has 1 heterocycles. The van der Waals surface area contributed by atoms with Crippen molar-refractivity contribution in [2.75, 3.05) is 7.11 Å². The Morgan fingerprint density at radius 3 is 2.69 bits per heavy atom. The largest absolute Gasteiger partial charge is 0.508 e. The number of nitrogens with two attached hydrogens (primary N) is 1. The first-order chi connectivity index (χ1) is 17.0. The molecule has 7 heteroatoms. The van der Waals surface area contributed by atoms with Gasteiger partial charge in [0.05, 0.1) is 17.5 Å². The third-order valence-corrected chi connectivity index (χ3v) is 6.63. The molecule has 0 amide bonds. The van der Waals surface area contributed by atoms with E-state index < -0.39 is 5.92 Å². The minimum absolute atomic E-state index is 0.00183. The second-order valence-corrected chi connectivity index (χ2v) is 8.96. The molecule has 1 aliphatic rings. The lowest BCUT2D eigenvalue weighted by Crippen LogP contribution is -2.21. The van der Waals surface area contributed by atoms with Gasteiger partial charge in [-0.1, -0.05) is 48.5 Å². The van der Waals surface area contributed by atoms with Crippen molar-refractivity contribution in [3.05, 3.63) is 105 Å². The predicted molar refractivity (Wildman–Crippen MR) is 136 cm³/mol. The van der Waals surface area contributed by atoms with Gasteiger partial charge >= 0.3 is 0 Å². The highest BCUT2D eigenvalue weighted by Gasteiger charge is 2.32. The normalized spacial score (nSPS) is 14.7. The van der Waals surface area contributed by atoms with Crippen molar-refractivity contribution in [2.45, 2.75) is 12.5 Å². The van der Waals surface area contributed by atoms with E-state index in [1.807, 2.05) is 36.4 Å². The first kappa shape index (κ1) is 22.6. The zero-order chi connectivity index (χ0) is 24.5. The van der Waals surface area contributed by atoms with Gasteiger partial charge in [0.15, 0.2) is 11.5 Å². The van der Waals surface area contributed by atoms with E-state index in [0.717, 1.165) is 21.9 Å². The average Bonchev–Trinajstić information content (AvgIpc) is 2.86. The minimum atomic E-state index is -0.498. The highest BCUT2D eigenvalue weighted by Crippen LogP contribution is 2.47. The molecule has 0 radical (unpaired) electrons. The fourth-order valence-electron chi connectivity index (χ4n) is 4.40. The van der Waals surface area contributed by atoms with Crippen LogP contribution in [0.2, 0.25) is 0 Å². The van der Waals surface area contributed by atoms with Gasteiger partial charge in [0, 0.05) is 11.6 Å². The van der Waals surface area contributed by atoms with Crippen molar-refractivity contribution < 1.29 is 19.3 Å². The summed E-state index contributed by atoms with van der Waals surface area (Å²) in [6, 6.07) is 24.9. The van der Waals surface area contributed by atoms with Crippen LogP contribution in [0.15, 0.2) is 88.7 Å². The Morgan fingerprint density at radius 2 is 1.89 bits per heavy atom. The Kier molecular flexibility index (Phi) is 5.98. The van der Waals surface area contributed by atoms with Gasteiger partial charge in [-0.25, -0.2) is 0 Å². The van der Waals surface area contributed by atoms with Gasteiger partial charge in [0.1, 0.15) is 29.7 Å². The van der Waals surface area contributed by atoms with E-state index in [1.165, 1.54) is 6.07 Å². The molecule has 4 aromatic rings. The number of nitrogens with zero attached hydrogens (tertiary/aromatic N) is 1. The second-order valence-electron chi connectivity index (χ2n) is 8.11. The molecule has 0 aliphatic carbocycles. The number of aromatic hydroxyl groups is 1. The highest BCUT2D eigenvalue weighted by molar-refractivity contribution is 9.10. The fraction of sp³-hybridized carbons (Fsp3) is 0.107. The van der Waals surface area contributed by atoms with Gasteiger partial charge in [0.25, 0.3) is 0 Å². The van der Waals surface area contributed by atoms with Crippen LogP contribution < -0.4 is 19.9 Å². The molecule has 1 aliphatic heterocycles. The lowest BCUT2D eigenvalue weighted by atomic mass is 9.83. The highest BCUT2D eigenvalue weighted by atomic mass is 79.9. The molecular formula is C28H21BrN2O4. The van der Waals surface area contributed by atoms with Crippen molar-refractivity contribution in [2.24, 2.45) is 5.73 Å². The van der Waals surface area contributed by atoms with Crippen LogP contribution in [0.25, 0.3) is 10.8 Å². The zero-order valence-electron chi connectivity index (χ0n) is 18.8. The molecule has 3 N–H and O–H groups in total. The SMILES string of the molecule is COc1cc([C@H]2C(C#N)=C(N)Oc3cc(O)ccc32)cc(Br)c1OCc1cccc2ccccc12. The quantitative estimate of drug-likeness (QED) is 0.324. The maximum Gasteiger partial charge on any atom is 0.205 e. The summed E-state index contributed by atoms with van der Waals surface area (Å²) < 4.78 is 18.2.